The second-order valence-electron chi connectivity index (χ2n) is 3.16. The molecule has 0 atom stereocenters. The largest absolute Gasteiger partial charge is 0.300 e. The third kappa shape index (κ3) is 2.01. The molecule has 3 heteroatoms. The average molecular weight is 212 g/mol. The first-order valence-electron chi connectivity index (χ1n) is 4.75. The molecule has 0 saturated heterocycles. The zero-order chi connectivity index (χ0) is 11.4. The standard InChI is InChI=1S/C13H9FN2/c1-2-15-13-9-5-8-12(16-13)10-6-3-4-7-11(10)14/h1,3-9H,(H,15,16). The van der Waals surface area contributed by atoms with Crippen LogP contribution in [0.4, 0.5) is 10.2 Å². The zero-order valence-electron chi connectivity index (χ0n) is 8.44. The summed E-state index contributed by atoms with van der Waals surface area (Å²) >= 11 is 0. The van der Waals surface area contributed by atoms with E-state index >= 15 is 0 Å². The molecule has 0 spiro atoms. The van der Waals surface area contributed by atoms with E-state index in [0.29, 0.717) is 17.1 Å². The Balaban J connectivity index is 2.45. The lowest BCUT2D eigenvalue weighted by molar-refractivity contribution is 0.631. The molecule has 1 N–H and O–H groups in total. The molecule has 16 heavy (non-hydrogen) atoms. The Kier molecular flexibility index (Phi) is 2.84. The summed E-state index contributed by atoms with van der Waals surface area (Å²) < 4.78 is 13.5. The molecule has 0 aliphatic heterocycles. The normalized spacial score (nSPS) is 9.50. The van der Waals surface area contributed by atoms with Crippen LogP contribution >= 0.6 is 0 Å². The lowest BCUT2D eigenvalue weighted by Gasteiger charge is -2.04. The van der Waals surface area contributed by atoms with E-state index in [1.165, 1.54) is 6.07 Å². The second-order valence-corrected chi connectivity index (χ2v) is 3.16. The molecule has 78 valence electrons. The Bertz CT molecular complexity index is 544. The van der Waals surface area contributed by atoms with Crippen LogP contribution in [0.2, 0.25) is 0 Å². The first kappa shape index (κ1) is 10.2. The molecule has 0 radical (unpaired) electrons. The van der Waals surface area contributed by atoms with Crippen molar-refractivity contribution in [1.82, 2.24) is 4.98 Å². The van der Waals surface area contributed by atoms with Gasteiger partial charge in [-0.1, -0.05) is 24.6 Å². The van der Waals surface area contributed by atoms with Crippen LogP contribution in [0.5, 0.6) is 0 Å². The van der Waals surface area contributed by atoms with Crippen LogP contribution < -0.4 is 5.32 Å². The van der Waals surface area contributed by atoms with Gasteiger partial charge in [-0.15, -0.1) is 0 Å². The molecule has 0 fully saturated rings. The topological polar surface area (TPSA) is 24.9 Å². The molecular weight excluding hydrogens is 203 g/mol. The Morgan fingerprint density at radius 3 is 2.69 bits per heavy atom. The molecule has 2 aromatic rings. The molecule has 0 saturated carbocycles. The van der Waals surface area contributed by atoms with Crippen molar-refractivity contribution in [3.63, 3.8) is 0 Å². The van der Waals surface area contributed by atoms with Crippen LogP contribution in [0.15, 0.2) is 42.5 Å². The van der Waals surface area contributed by atoms with Crippen molar-refractivity contribution in [3.05, 3.63) is 48.3 Å². The van der Waals surface area contributed by atoms with Crippen molar-refractivity contribution in [2.45, 2.75) is 0 Å². The number of hydrogen-bond donors (Lipinski definition) is 1. The number of terminal acetylenes is 1. The molecule has 0 aliphatic rings. The van der Waals surface area contributed by atoms with Gasteiger partial charge in [-0.05, 0) is 24.3 Å². The predicted molar refractivity (Wildman–Crippen MR) is 62.1 cm³/mol. The van der Waals surface area contributed by atoms with E-state index in [1.807, 2.05) is 0 Å². The Morgan fingerprint density at radius 2 is 1.94 bits per heavy atom. The molecule has 0 amide bonds. The number of aromatic nitrogens is 1. The number of hydrogen-bond acceptors (Lipinski definition) is 2. The van der Waals surface area contributed by atoms with Gasteiger partial charge in [0.25, 0.3) is 0 Å². The van der Waals surface area contributed by atoms with Crippen molar-refractivity contribution in [3.8, 4) is 23.7 Å². The quantitative estimate of drug-likeness (QED) is 0.611. The monoisotopic (exact) mass is 212 g/mol. The molecular formula is C13H9FN2. The van der Waals surface area contributed by atoms with E-state index < -0.39 is 0 Å². The highest BCUT2D eigenvalue weighted by atomic mass is 19.1. The third-order valence-corrected chi connectivity index (χ3v) is 2.10. The summed E-state index contributed by atoms with van der Waals surface area (Å²) in [5, 5.41) is 2.63. The number of nitrogens with zero attached hydrogens (tertiary/aromatic N) is 1. The van der Waals surface area contributed by atoms with Gasteiger partial charge in [-0.25, -0.2) is 9.37 Å². The van der Waals surface area contributed by atoms with E-state index in [4.69, 9.17) is 6.42 Å². The summed E-state index contributed by atoms with van der Waals surface area (Å²) in [7, 11) is 0. The van der Waals surface area contributed by atoms with E-state index in [2.05, 4.69) is 16.3 Å². The first-order valence-corrected chi connectivity index (χ1v) is 4.75. The van der Waals surface area contributed by atoms with Crippen LogP contribution in [0.1, 0.15) is 0 Å². The Labute approximate surface area is 93.2 Å². The number of rotatable bonds is 2. The highest BCUT2D eigenvalue weighted by Gasteiger charge is 2.05. The molecule has 0 bridgehead atoms. The molecule has 1 aromatic carbocycles. The summed E-state index contributed by atoms with van der Waals surface area (Å²) in [5.74, 6) is 0.233. The van der Waals surface area contributed by atoms with Crippen LogP contribution in [0.3, 0.4) is 0 Å². The fraction of sp³-hybridized carbons (Fsp3) is 0. The summed E-state index contributed by atoms with van der Waals surface area (Å²) in [6, 6.07) is 14.0. The maximum atomic E-state index is 13.5. The van der Waals surface area contributed by atoms with E-state index in [-0.39, 0.29) is 5.82 Å². The number of anilines is 1. The number of halogens is 1. The molecule has 1 aromatic heterocycles. The molecule has 2 nitrogen and oxygen atoms in total. The van der Waals surface area contributed by atoms with Gasteiger partial charge >= 0.3 is 0 Å². The number of pyridine rings is 1. The minimum atomic E-state index is -0.298. The van der Waals surface area contributed by atoms with Crippen molar-refractivity contribution >= 4 is 5.82 Å². The fourth-order valence-electron chi connectivity index (χ4n) is 1.40. The first-order chi connectivity index (χ1) is 7.81. The van der Waals surface area contributed by atoms with Gasteiger partial charge in [-0.2, -0.15) is 0 Å². The fourth-order valence-corrected chi connectivity index (χ4v) is 1.40. The minimum Gasteiger partial charge on any atom is -0.300 e. The van der Waals surface area contributed by atoms with E-state index in [0.717, 1.165) is 0 Å². The van der Waals surface area contributed by atoms with Gasteiger partial charge in [0.1, 0.15) is 11.6 Å². The maximum Gasteiger partial charge on any atom is 0.138 e. The van der Waals surface area contributed by atoms with Crippen LogP contribution in [0, 0.1) is 18.3 Å². The van der Waals surface area contributed by atoms with Gasteiger partial charge in [-0.3, -0.25) is 5.32 Å². The minimum absolute atomic E-state index is 0.298. The summed E-state index contributed by atoms with van der Waals surface area (Å²) in [4.78, 5) is 4.20. The highest BCUT2D eigenvalue weighted by Crippen LogP contribution is 2.21. The lowest BCUT2D eigenvalue weighted by Crippen LogP contribution is -1.93. The van der Waals surface area contributed by atoms with Gasteiger partial charge in [0.15, 0.2) is 0 Å². The highest BCUT2D eigenvalue weighted by molar-refractivity contribution is 5.62. The summed E-state index contributed by atoms with van der Waals surface area (Å²) in [6.07, 6.45) is 5.10. The van der Waals surface area contributed by atoms with Crippen molar-refractivity contribution in [1.29, 1.82) is 0 Å². The summed E-state index contributed by atoms with van der Waals surface area (Å²) in [6.45, 7) is 0. The summed E-state index contributed by atoms with van der Waals surface area (Å²) in [5.41, 5.74) is 1.02. The van der Waals surface area contributed by atoms with Crippen molar-refractivity contribution < 1.29 is 4.39 Å². The van der Waals surface area contributed by atoms with E-state index in [9.17, 15) is 4.39 Å². The van der Waals surface area contributed by atoms with Crippen LogP contribution in [-0.2, 0) is 0 Å². The van der Waals surface area contributed by atoms with Crippen molar-refractivity contribution in [2.24, 2.45) is 0 Å². The molecule has 0 unspecified atom stereocenters. The third-order valence-electron chi connectivity index (χ3n) is 2.10. The molecule has 0 aliphatic carbocycles. The maximum absolute atomic E-state index is 13.5. The van der Waals surface area contributed by atoms with Gasteiger partial charge in [0.2, 0.25) is 0 Å². The van der Waals surface area contributed by atoms with Crippen LogP contribution in [-0.4, -0.2) is 4.98 Å². The SMILES string of the molecule is C#CNc1cccc(-c2ccccc2F)n1. The van der Waals surface area contributed by atoms with Crippen LogP contribution in [0.25, 0.3) is 11.3 Å². The number of nitrogens with one attached hydrogen (secondary N) is 1. The Morgan fingerprint density at radius 1 is 1.12 bits per heavy atom. The van der Waals surface area contributed by atoms with Gasteiger partial charge in [0.05, 0.1) is 5.69 Å². The average Bonchev–Trinajstić information content (AvgIpc) is 2.30. The van der Waals surface area contributed by atoms with Crippen molar-refractivity contribution in [2.75, 3.05) is 5.32 Å². The smallest absolute Gasteiger partial charge is 0.138 e. The lowest BCUT2D eigenvalue weighted by atomic mass is 10.1. The van der Waals surface area contributed by atoms with Gasteiger partial charge in [0, 0.05) is 11.6 Å². The Hall–Kier alpha value is -2.34. The molecule has 1 heterocycles. The van der Waals surface area contributed by atoms with Gasteiger partial charge < -0.3 is 0 Å². The molecule has 2 rings (SSSR count). The zero-order valence-corrected chi connectivity index (χ0v) is 8.44. The number of benzene rings is 1. The predicted octanol–water partition coefficient (Wildman–Crippen LogP) is 2.89. The van der Waals surface area contributed by atoms with E-state index in [1.54, 1.807) is 36.4 Å². The second kappa shape index (κ2) is 4.45.